The molecule has 0 amide bonds. The van der Waals surface area contributed by atoms with Crippen molar-refractivity contribution in [2.24, 2.45) is 0 Å². The second kappa shape index (κ2) is 10.5. The molecule has 6 nitrogen and oxygen atoms in total. The van der Waals surface area contributed by atoms with Crippen LogP contribution < -0.4 is 21.3 Å². The highest BCUT2D eigenvalue weighted by Gasteiger charge is 2.16. The maximum atomic E-state index is 9.25. The van der Waals surface area contributed by atoms with Crippen LogP contribution in [0.5, 0.6) is 0 Å². The normalized spacial score (nSPS) is 10.3. The first-order chi connectivity index (χ1) is 18.6. The van der Waals surface area contributed by atoms with Gasteiger partial charge in [-0.15, -0.1) is 0 Å². The zero-order chi connectivity index (χ0) is 26.5. The molecule has 0 unspecified atom stereocenters. The number of nitrogens with two attached hydrogens (primary N) is 2. The van der Waals surface area contributed by atoms with Crippen LogP contribution in [0.1, 0.15) is 5.56 Å². The molecular weight excluding hydrogens is 468 g/mol. The largest absolute Gasteiger partial charge is 0.399 e. The van der Waals surface area contributed by atoms with Gasteiger partial charge in [-0.3, -0.25) is 0 Å². The van der Waals surface area contributed by atoms with Gasteiger partial charge in [0, 0.05) is 45.5 Å². The number of nitriles is 1. The van der Waals surface area contributed by atoms with Gasteiger partial charge in [-0.05, 0) is 109 Å². The summed E-state index contributed by atoms with van der Waals surface area (Å²) in [5.74, 6) is 0. The van der Waals surface area contributed by atoms with Gasteiger partial charge in [-0.2, -0.15) is 5.26 Å². The van der Waals surface area contributed by atoms with Crippen molar-refractivity contribution in [1.82, 2.24) is 0 Å². The van der Waals surface area contributed by atoms with Crippen LogP contribution >= 0.6 is 0 Å². The molecule has 182 valence electrons. The van der Waals surface area contributed by atoms with Crippen molar-refractivity contribution in [1.29, 1.82) is 5.26 Å². The molecule has 0 atom stereocenters. The molecule has 5 aromatic rings. The zero-order valence-corrected chi connectivity index (χ0v) is 20.5. The molecule has 0 saturated carbocycles. The fourth-order valence-corrected chi connectivity index (χ4v) is 4.25. The third-order valence-electron chi connectivity index (χ3n) is 6.16. The molecule has 0 spiro atoms. The van der Waals surface area contributed by atoms with Crippen molar-refractivity contribution in [3.05, 3.63) is 138 Å². The number of nitrogen functional groups attached to an aromatic ring is 2. The summed E-state index contributed by atoms with van der Waals surface area (Å²) in [4.78, 5) is 7.74. The van der Waals surface area contributed by atoms with Crippen LogP contribution in [-0.2, 0) is 0 Å². The Kier molecular flexibility index (Phi) is 6.63. The van der Waals surface area contributed by atoms with E-state index in [4.69, 9.17) is 18.0 Å². The van der Waals surface area contributed by atoms with E-state index in [0.717, 1.165) is 34.1 Å². The molecule has 6 heteroatoms. The summed E-state index contributed by atoms with van der Waals surface area (Å²) >= 11 is 0. The molecule has 0 fully saturated rings. The monoisotopic (exact) mass is 492 g/mol. The Morgan fingerprint density at radius 1 is 0.500 bits per heavy atom. The summed E-state index contributed by atoms with van der Waals surface area (Å²) in [5, 5.41) is 9.25. The molecule has 0 aliphatic rings. The minimum atomic E-state index is 0.575. The van der Waals surface area contributed by atoms with E-state index in [0.29, 0.717) is 22.6 Å². The number of rotatable bonds is 6. The lowest BCUT2D eigenvalue weighted by Gasteiger charge is -2.28. The molecule has 0 aliphatic heterocycles. The molecule has 5 aromatic carbocycles. The topological polar surface area (TPSA) is 86.7 Å². The number of anilines is 8. The van der Waals surface area contributed by atoms with Gasteiger partial charge in [0.05, 0.1) is 18.2 Å². The van der Waals surface area contributed by atoms with E-state index in [1.165, 1.54) is 0 Å². The molecule has 38 heavy (non-hydrogen) atoms. The molecule has 5 rings (SSSR count). The van der Waals surface area contributed by atoms with E-state index in [9.17, 15) is 5.26 Å². The Morgan fingerprint density at radius 3 is 1.11 bits per heavy atom. The predicted octanol–water partition coefficient (Wildman–Crippen LogP) is 8.21. The van der Waals surface area contributed by atoms with Crippen LogP contribution in [-0.4, -0.2) is 0 Å². The van der Waals surface area contributed by atoms with E-state index >= 15 is 0 Å². The van der Waals surface area contributed by atoms with E-state index in [1.54, 1.807) is 24.3 Å². The third kappa shape index (κ3) is 4.97. The number of hydrogen-bond donors (Lipinski definition) is 2. The minimum absolute atomic E-state index is 0.575. The van der Waals surface area contributed by atoms with E-state index in [-0.39, 0.29) is 0 Å². The lowest BCUT2D eigenvalue weighted by Crippen LogP contribution is -2.12. The fraction of sp³-hybridized carbons (Fsp3) is 0. The molecule has 0 aliphatic carbocycles. The van der Waals surface area contributed by atoms with E-state index in [1.807, 2.05) is 72.8 Å². The predicted molar refractivity (Wildman–Crippen MR) is 156 cm³/mol. The van der Waals surface area contributed by atoms with Crippen molar-refractivity contribution in [3.63, 3.8) is 0 Å². The average Bonchev–Trinajstić information content (AvgIpc) is 2.97. The van der Waals surface area contributed by atoms with Crippen molar-refractivity contribution < 1.29 is 0 Å². The van der Waals surface area contributed by atoms with Gasteiger partial charge in [0.25, 0.3) is 0 Å². The lowest BCUT2D eigenvalue weighted by atomic mass is 10.1. The Bertz CT molecular complexity index is 1510. The summed E-state index contributed by atoms with van der Waals surface area (Å²) in [6.45, 7) is 7.29. The van der Waals surface area contributed by atoms with Crippen molar-refractivity contribution in [2.45, 2.75) is 0 Å². The summed E-state index contributed by atoms with van der Waals surface area (Å²) in [6, 6.07) is 40.8. The van der Waals surface area contributed by atoms with Crippen LogP contribution in [0.2, 0.25) is 0 Å². The SMILES string of the molecule is [C-]#[N+]c1ccc(N(c2ccc(C#N)cc2)c2ccc(N(c3ccc(N)cc3)c3ccc(N)cc3)cc2)cc1. The Balaban J connectivity index is 1.58. The molecule has 0 radical (unpaired) electrons. The van der Waals surface area contributed by atoms with Gasteiger partial charge in [0.1, 0.15) is 0 Å². The first-order valence-corrected chi connectivity index (χ1v) is 11.9. The quantitative estimate of drug-likeness (QED) is 0.184. The second-order valence-corrected chi connectivity index (χ2v) is 8.66. The number of hydrogen-bond acceptors (Lipinski definition) is 5. The maximum absolute atomic E-state index is 9.25. The Morgan fingerprint density at radius 2 is 0.789 bits per heavy atom. The minimum Gasteiger partial charge on any atom is -0.399 e. The van der Waals surface area contributed by atoms with Gasteiger partial charge >= 0.3 is 0 Å². The van der Waals surface area contributed by atoms with Gasteiger partial charge in [0.2, 0.25) is 0 Å². The number of nitrogens with zero attached hydrogens (tertiary/aromatic N) is 4. The fourth-order valence-electron chi connectivity index (χ4n) is 4.25. The molecule has 0 saturated heterocycles. The maximum Gasteiger partial charge on any atom is 0.187 e. The average molecular weight is 493 g/mol. The van der Waals surface area contributed by atoms with Crippen molar-refractivity contribution in [3.8, 4) is 6.07 Å². The molecular formula is C32H24N6. The molecule has 4 N–H and O–H groups in total. The second-order valence-electron chi connectivity index (χ2n) is 8.66. The summed E-state index contributed by atoms with van der Waals surface area (Å²) in [5.41, 5.74) is 20.1. The molecule has 0 aromatic heterocycles. The van der Waals surface area contributed by atoms with Crippen LogP contribution in [0.3, 0.4) is 0 Å². The highest BCUT2D eigenvalue weighted by Crippen LogP contribution is 2.39. The Labute approximate surface area is 222 Å². The highest BCUT2D eigenvalue weighted by molar-refractivity contribution is 5.82. The van der Waals surface area contributed by atoms with Crippen LogP contribution in [0.15, 0.2) is 121 Å². The summed E-state index contributed by atoms with van der Waals surface area (Å²) in [7, 11) is 0. The molecule has 0 heterocycles. The lowest BCUT2D eigenvalue weighted by molar-refractivity contribution is 1.25. The highest BCUT2D eigenvalue weighted by atomic mass is 15.2. The van der Waals surface area contributed by atoms with Gasteiger partial charge in [-0.1, -0.05) is 12.1 Å². The van der Waals surface area contributed by atoms with E-state index < -0.39 is 0 Å². The third-order valence-corrected chi connectivity index (χ3v) is 6.16. The summed E-state index contributed by atoms with van der Waals surface area (Å²) in [6.07, 6.45) is 0. The van der Waals surface area contributed by atoms with Crippen LogP contribution in [0, 0.1) is 17.9 Å². The van der Waals surface area contributed by atoms with Gasteiger partial charge < -0.3 is 21.3 Å². The smallest absolute Gasteiger partial charge is 0.187 e. The van der Waals surface area contributed by atoms with Gasteiger partial charge in [-0.25, -0.2) is 4.85 Å². The Hall–Kier alpha value is -5.72. The van der Waals surface area contributed by atoms with Crippen LogP contribution in [0.25, 0.3) is 4.85 Å². The van der Waals surface area contributed by atoms with Crippen molar-refractivity contribution in [2.75, 3.05) is 21.3 Å². The standard InChI is InChI=1S/C32H24N6/c1-36-26-8-16-30(17-9-26)37(27-10-2-23(22-33)3-11-27)31-18-20-32(21-19-31)38(28-12-4-24(34)5-13-28)29-14-6-25(35)7-15-29/h2-21H,34-35H2. The zero-order valence-electron chi connectivity index (χ0n) is 20.5. The van der Waals surface area contributed by atoms with E-state index in [2.05, 4.69) is 45.0 Å². The van der Waals surface area contributed by atoms with Crippen LogP contribution in [0.4, 0.5) is 51.2 Å². The van der Waals surface area contributed by atoms with Crippen molar-refractivity contribution >= 4 is 51.2 Å². The number of benzene rings is 5. The first-order valence-electron chi connectivity index (χ1n) is 11.9. The van der Waals surface area contributed by atoms with Gasteiger partial charge in [0.15, 0.2) is 5.69 Å². The first kappa shape index (κ1) is 24.0. The summed E-state index contributed by atoms with van der Waals surface area (Å²) < 4.78 is 0. The molecule has 0 bridgehead atoms.